The quantitative estimate of drug-likeness (QED) is 0.766. The van der Waals surface area contributed by atoms with E-state index in [4.69, 9.17) is 5.02 Å². The minimum absolute atomic E-state index is 0.871. The van der Waals surface area contributed by atoms with Gasteiger partial charge in [0.1, 0.15) is 0 Å². The van der Waals surface area contributed by atoms with Crippen LogP contribution in [-0.4, -0.2) is 30.5 Å². The minimum atomic E-state index is 0.871. The maximum Gasteiger partial charge on any atom is 0.326 e. The largest absolute Gasteiger partial charge is 0.450 e. The summed E-state index contributed by atoms with van der Waals surface area (Å²) < 4.78 is 0. The molecule has 0 amide bonds. The van der Waals surface area contributed by atoms with Crippen LogP contribution < -0.4 is 5.46 Å². The van der Waals surface area contributed by atoms with E-state index < -0.39 is 0 Å². The molecule has 1 N–H and O–H groups in total. The zero-order valence-electron chi connectivity index (χ0n) is 9.89. The van der Waals surface area contributed by atoms with E-state index in [1.807, 2.05) is 12.1 Å². The van der Waals surface area contributed by atoms with Gasteiger partial charge in [-0.15, -0.1) is 0 Å². The summed E-state index contributed by atoms with van der Waals surface area (Å²) >= 11 is 0. The Kier molecular flexibility index (Phi) is 4.02. The van der Waals surface area contributed by atoms with Crippen LogP contribution in [0.1, 0.15) is 25.3 Å². The molecule has 0 spiro atoms. The topological polar surface area (TPSA) is 23.5 Å². The van der Waals surface area contributed by atoms with Gasteiger partial charge in [-0.3, -0.25) is 4.90 Å². The first kappa shape index (κ1) is 11.7. The molecule has 0 bridgehead atoms. The molecule has 16 heavy (non-hydrogen) atoms. The van der Waals surface area contributed by atoms with Gasteiger partial charge in [0.2, 0.25) is 0 Å². The molecule has 1 aliphatic rings. The second-order valence-corrected chi connectivity index (χ2v) is 4.83. The molecular weight excluding hydrogens is 197 g/mol. The molecule has 85 valence electrons. The summed E-state index contributed by atoms with van der Waals surface area (Å²) in [5, 5.41) is 8.84. The van der Waals surface area contributed by atoms with E-state index in [0.29, 0.717) is 0 Å². The Bertz CT molecular complexity index is 317. The molecule has 0 atom stereocenters. The average Bonchev–Trinajstić information content (AvgIpc) is 2.33. The maximum absolute atomic E-state index is 8.84. The number of likely N-dealkylation sites (tertiary alicyclic amines) is 1. The van der Waals surface area contributed by atoms with Crippen LogP contribution >= 0.6 is 0 Å². The Balaban J connectivity index is 1.88. The Labute approximate surface area is 98.6 Å². The van der Waals surface area contributed by atoms with Crippen LogP contribution in [0.3, 0.4) is 0 Å². The van der Waals surface area contributed by atoms with Crippen molar-refractivity contribution in [1.82, 2.24) is 4.90 Å². The van der Waals surface area contributed by atoms with Gasteiger partial charge < -0.3 is 5.02 Å². The lowest BCUT2D eigenvalue weighted by Crippen LogP contribution is -2.32. The van der Waals surface area contributed by atoms with E-state index >= 15 is 0 Å². The lowest BCUT2D eigenvalue weighted by Gasteiger charge is -2.30. The number of hydrogen-bond donors (Lipinski definition) is 1. The number of nitrogens with zero attached hydrogens (tertiary/aromatic N) is 1. The molecule has 1 saturated heterocycles. The zero-order valence-corrected chi connectivity index (χ0v) is 9.89. The standard InChI is InChI=1S/C13H19BNO/c1-11-6-8-15(9-7-11)10-12-2-4-13(14-16)5-3-12/h2-5,11,16H,6-10H2,1H3. The summed E-state index contributed by atoms with van der Waals surface area (Å²) in [6.07, 6.45) is 2.64. The van der Waals surface area contributed by atoms with E-state index in [2.05, 4.69) is 24.0 Å². The summed E-state index contributed by atoms with van der Waals surface area (Å²) in [6.45, 7) is 5.81. The number of piperidine rings is 1. The van der Waals surface area contributed by atoms with Gasteiger partial charge in [0.05, 0.1) is 0 Å². The number of benzene rings is 1. The molecule has 0 saturated carbocycles. The fourth-order valence-electron chi connectivity index (χ4n) is 2.19. The third-order valence-corrected chi connectivity index (χ3v) is 3.41. The molecule has 3 heteroatoms. The second kappa shape index (κ2) is 5.51. The predicted molar refractivity (Wildman–Crippen MR) is 67.7 cm³/mol. The van der Waals surface area contributed by atoms with Gasteiger partial charge in [-0.25, -0.2) is 0 Å². The summed E-state index contributed by atoms with van der Waals surface area (Å²) in [5.74, 6) is 0.891. The lowest BCUT2D eigenvalue weighted by atomic mass is 9.88. The molecule has 0 aromatic heterocycles. The summed E-state index contributed by atoms with van der Waals surface area (Å²) in [6, 6.07) is 8.12. The second-order valence-electron chi connectivity index (χ2n) is 4.83. The Morgan fingerprint density at radius 2 is 1.88 bits per heavy atom. The molecule has 1 fully saturated rings. The van der Waals surface area contributed by atoms with Gasteiger partial charge in [-0.1, -0.05) is 36.7 Å². The third-order valence-electron chi connectivity index (χ3n) is 3.41. The lowest BCUT2D eigenvalue weighted by molar-refractivity contribution is 0.185. The molecular formula is C13H19BNO. The number of hydrogen-bond acceptors (Lipinski definition) is 2. The van der Waals surface area contributed by atoms with Crippen LogP contribution in [0.5, 0.6) is 0 Å². The van der Waals surface area contributed by atoms with Crippen LogP contribution in [0.4, 0.5) is 0 Å². The molecule has 2 nitrogen and oxygen atoms in total. The molecule has 1 heterocycles. The van der Waals surface area contributed by atoms with E-state index in [1.54, 1.807) is 0 Å². The Morgan fingerprint density at radius 1 is 1.25 bits per heavy atom. The van der Waals surface area contributed by atoms with Crippen molar-refractivity contribution in [3.8, 4) is 0 Å². The van der Waals surface area contributed by atoms with Gasteiger partial charge in [0, 0.05) is 6.54 Å². The van der Waals surface area contributed by atoms with Crippen molar-refractivity contribution in [2.75, 3.05) is 13.1 Å². The van der Waals surface area contributed by atoms with Crippen molar-refractivity contribution < 1.29 is 5.02 Å². The first-order valence-corrected chi connectivity index (χ1v) is 6.06. The van der Waals surface area contributed by atoms with Crippen LogP contribution in [0.15, 0.2) is 24.3 Å². The van der Waals surface area contributed by atoms with Gasteiger partial charge >= 0.3 is 7.48 Å². The molecule has 1 aliphatic heterocycles. The maximum atomic E-state index is 8.84. The predicted octanol–water partition coefficient (Wildman–Crippen LogP) is 1.16. The molecule has 2 rings (SSSR count). The highest BCUT2D eigenvalue weighted by Gasteiger charge is 2.15. The summed E-state index contributed by atoms with van der Waals surface area (Å²) in [5.41, 5.74) is 2.20. The van der Waals surface area contributed by atoms with E-state index in [0.717, 1.165) is 25.4 Å². The van der Waals surface area contributed by atoms with E-state index in [-0.39, 0.29) is 0 Å². The summed E-state index contributed by atoms with van der Waals surface area (Å²) in [4.78, 5) is 2.51. The third kappa shape index (κ3) is 3.10. The molecule has 1 aromatic rings. The van der Waals surface area contributed by atoms with Crippen molar-refractivity contribution in [3.63, 3.8) is 0 Å². The summed E-state index contributed by atoms with van der Waals surface area (Å²) in [7, 11) is 1.15. The first-order chi connectivity index (χ1) is 7.78. The van der Waals surface area contributed by atoms with Crippen LogP contribution in [0, 0.1) is 5.92 Å². The highest BCUT2D eigenvalue weighted by molar-refractivity contribution is 6.45. The van der Waals surface area contributed by atoms with Crippen LogP contribution in [0.25, 0.3) is 0 Å². The van der Waals surface area contributed by atoms with E-state index in [9.17, 15) is 0 Å². The number of rotatable bonds is 3. The van der Waals surface area contributed by atoms with Crippen molar-refractivity contribution in [1.29, 1.82) is 0 Å². The monoisotopic (exact) mass is 216 g/mol. The van der Waals surface area contributed by atoms with Crippen molar-refractivity contribution >= 4 is 12.9 Å². The average molecular weight is 216 g/mol. The normalized spacial score (nSPS) is 18.6. The molecule has 1 aromatic carbocycles. The Morgan fingerprint density at radius 3 is 2.44 bits per heavy atom. The molecule has 0 unspecified atom stereocenters. The van der Waals surface area contributed by atoms with Crippen molar-refractivity contribution in [2.24, 2.45) is 5.92 Å². The molecule has 0 aliphatic carbocycles. The van der Waals surface area contributed by atoms with E-state index in [1.165, 1.54) is 31.5 Å². The zero-order chi connectivity index (χ0) is 11.4. The molecule has 1 radical (unpaired) electrons. The van der Waals surface area contributed by atoms with Gasteiger partial charge in [0.25, 0.3) is 0 Å². The minimum Gasteiger partial charge on any atom is -0.450 e. The van der Waals surface area contributed by atoms with Gasteiger partial charge in [-0.05, 0) is 37.4 Å². The van der Waals surface area contributed by atoms with Gasteiger partial charge in [-0.2, -0.15) is 0 Å². The van der Waals surface area contributed by atoms with Crippen molar-refractivity contribution in [2.45, 2.75) is 26.3 Å². The van der Waals surface area contributed by atoms with Crippen LogP contribution in [0.2, 0.25) is 0 Å². The smallest absolute Gasteiger partial charge is 0.326 e. The SMILES string of the molecule is CC1CCN(Cc2ccc([B]O)cc2)CC1. The fourth-order valence-corrected chi connectivity index (χ4v) is 2.19. The van der Waals surface area contributed by atoms with Gasteiger partial charge in [0.15, 0.2) is 0 Å². The van der Waals surface area contributed by atoms with Crippen molar-refractivity contribution in [3.05, 3.63) is 29.8 Å². The first-order valence-electron chi connectivity index (χ1n) is 6.06. The fraction of sp³-hybridized carbons (Fsp3) is 0.538. The van der Waals surface area contributed by atoms with Crippen LogP contribution in [-0.2, 0) is 6.54 Å². The highest BCUT2D eigenvalue weighted by Crippen LogP contribution is 2.17. The highest BCUT2D eigenvalue weighted by atomic mass is 16.2. The Hall–Kier alpha value is -0.795.